The Labute approximate surface area is 129 Å². The Morgan fingerprint density at radius 2 is 2.32 bits per heavy atom. The number of halogens is 2. The van der Waals surface area contributed by atoms with Crippen LogP contribution in [0.25, 0.3) is 0 Å². The van der Waals surface area contributed by atoms with Crippen LogP contribution in [0.2, 0.25) is 5.02 Å². The molecule has 0 aromatic heterocycles. The summed E-state index contributed by atoms with van der Waals surface area (Å²) in [5.74, 6) is 0. The molecular formula is C15H22BrClN2. The van der Waals surface area contributed by atoms with Gasteiger partial charge in [0.2, 0.25) is 0 Å². The summed E-state index contributed by atoms with van der Waals surface area (Å²) < 4.78 is 1.04. The molecule has 1 saturated heterocycles. The van der Waals surface area contributed by atoms with Crippen LogP contribution in [0.1, 0.15) is 31.7 Å². The molecule has 1 unspecified atom stereocenters. The highest BCUT2D eigenvalue weighted by atomic mass is 79.9. The molecule has 1 N–H and O–H groups in total. The van der Waals surface area contributed by atoms with Crippen LogP contribution in [-0.4, -0.2) is 30.6 Å². The zero-order valence-electron chi connectivity index (χ0n) is 11.5. The Balaban J connectivity index is 2.00. The third-order valence-electron chi connectivity index (χ3n) is 3.61. The van der Waals surface area contributed by atoms with Crippen molar-refractivity contribution < 1.29 is 0 Å². The van der Waals surface area contributed by atoms with Crippen LogP contribution in [0, 0.1) is 0 Å². The van der Waals surface area contributed by atoms with Crippen molar-refractivity contribution in [3.63, 3.8) is 0 Å². The van der Waals surface area contributed by atoms with Gasteiger partial charge in [-0.05, 0) is 43.6 Å². The summed E-state index contributed by atoms with van der Waals surface area (Å²) in [4.78, 5) is 2.52. The van der Waals surface area contributed by atoms with Gasteiger partial charge in [-0.2, -0.15) is 0 Å². The van der Waals surface area contributed by atoms with Crippen molar-refractivity contribution in [1.82, 2.24) is 10.2 Å². The van der Waals surface area contributed by atoms with Crippen LogP contribution >= 0.6 is 27.5 Å². The summed E-state index contributed by atoms with van der Waals surface area (Å²) in [6.45, 7) is 6.62. The van der Waals surface area contributed by atoms with Gasteiger partial charge in [0.25, 0.3) is 0 Å². The zero-order valence-corrected chi connectivity index (χ0v) is 13.8. The molecule has 2 rings (SSSR count). The molecule has 0 aliphatic carbocycles. The highest BCUT2D eigenvalue weighted by molar-refractivity contribution is 9.10. The first-order chi connectivity index (χ1) is 9.19. The second-order valence-electron chi connectivity index (χ2n) is 5.26. The van der Waals surface area contributed by atoms with Gasteiger partial charge in [0.05, 0.1) is 0 Å². The summed E-state index contributed by atoms with van der Waals surface area (Å²) in [6.07, 6.45) is 3.71. The number of nitrogens with zero attached hydrogens (tertiary/aromatic N) is 1. The second kappa shape index (κ2) is 7.63. The van der Waals surface area contributed by atoms with E-state index in [1.807, 2.05) is 6.07 Å². The van der Waals surface area contributed by atoms with Gasteiger partial charge in [-0.15, -0.1) is 0 Å². The fourth-order valence-electron chi connectivity index (χ4n) is 2.65. The normalized spacial score (nSPS) is 21.3. The van der Waals surface area contributed by atoms with E-state index in [0.717, 1.165) is 35.7 Å². The van der Waals surface area contributed by atoms with Crippen LogP contribution in [0.5, 0.6) is 0 Å². The number of nitrogens with one attached hydrogen (secondary N) is 1. The van der Waals surface area contributed by atoms with E-state index in [0.29, 0.717) is 6.04 Å². The molecule has 19 heavy (non-hydrogen) atoms. The summed E-state index contributed by atoms with van der Waals surface area (Å²) >= 11 is 9.77. The van der Waals surface area contributed by atoms with Gasteiger partial charge < -0.3 is 5.32 Å². The summed E-state index contributed by atoms with van der Waals surface area (Å²) in [5.41, 5.74) is 1.22. The zero-order chi connectivity index (χ0) is 13.7. The van der Waals surface area contributed by atoms with E-state index in [2.05, 4.69) is 45.2 Å². The van der Waals surface area contributed by atoms with Gasteiger partial charge in [0.15, 0.2) is 0 Å². The summed E-state index contributed by atoms with van der Waals surface area (Å²) in [5, 5.41) is 4.50. The predicted octanol–water partition coefficient (Wildman–Crippen LogP) is 4.07. The number of rotatable bonds is 4. The molecule has 1 fully saturated rings. The van der Waals surface area contributed by atoms with Gasteiger partial charge in [0, 0.05) is 28.6 Å². The Kier molecular flexibility index (Phi) is 6.14. The van der Waals surface area contributed by atoms with E-state index in [9.17, 15) is 0 Å². The van der Waals surface area contributed by atoms with E-state index in [4.69, 9.17) is 11.6 Å². The molecular weight excluding hydrogens is 324 g/mol. The van der Waals surface area contributed by atoms with Crippen molar-refractivity contribution in [2.24, 2.45) is 0 Å². The standard InChI is InChI=1S/C15H22BrClN2/c1-2-4-14-11-19(8-3-7-18-14)10-12-5-6-13(16)9-15(12)17/h5-6,9,14,18H,2-4,7-8,10-11H2,1H3. The molecule has 0 radical (unpaired) electrons. The maximum atomic E-state index is 6.31. The Bertz CT molecular complexity index is 411. The van der Waals surface area contributed by atoms with Crippen LogP contribution in [0.4, 0.5) is 0 Å². The minimum Gasteiger partial charge on any atom is -0.313 e. The average Bonchev–Trinajstić information content (AvgIpc) is 2.59. The first-order valence-electron chi connectivity index (χ1n) is 7.08. The molecule has 0 bridgehead atoms. The van der Waals surface area contributed by atoms with Crippen LogP contribution in [-0.2, 0) is 6.54 Å². The van der Waals surface area contributed by atoms with Crippen molar-refractivity contribution >= 4 is 27.5 Å². The highest BCUT2D eigenvalue weighted by Gasteiger charge is 2.17. The Hall–Kier alpha value is -0.0900. The van der Waals surface area contributed by atoms with Crippen molar-refractivity contribution in [2.45, 2.75) is 38.8 Å². The van der Waals surface area contributed by atoms with Crippen molar-refractivity contribution in [3.8, 4) is 0 Å². The number of benzene rings is 1. The molecule has 0 saturated carbocycles. The van der Waals surface area contributed by atoms with E-state index in [-0.39, 0.29) is 0 Å². The third kappa shape index (κ3) is 4.75. The minimum absolute atomic E-state index is 0.627. The number of hydrogen-bond acceptors (Lipinski definition) is 2. The molecule has 1 atom stereocenters. The van der Waals surface area contributed by atoms with Gasteiger partial charge >= 0.3 is 0 Å². The monoisotopic (exact) mass is 344 g/mol. The van der Waals surface area contributed by atoms with Crippen molar-refractivity contribution in [3.05, 3.63) is 33.3 Å². The lowest BCUT2D eigenvalue weighted by Gasteiger charge is -2.24. The molecule has 1 aromatic carbocycles. The van der Waals surface area contributed by atoms with Gasteiger partial charge in [0.1, 0.15) is 0 Å². The third-order valence-corrected chi connectivity index (χ3v) is 4.45. The largest absolute Gasteiger partial charge is 0.313 e. The maximum absolute atomic E-state index is 6.31. The Morgan fingerprint density at radius 1 is 1.47 bits per heavy atom. The lowest BCUT2D eigenvalue weighted by molar-refractivity contribution is 0.255. The molecule has 1 aliphatic rings. The topological polar surface area (TPSA) is 15.3 Å². The molecule has 0 amide bonds. The van der Waals surface area contributed by atoms with Crippen LogP contribution < -0.4 is 5.32 Å². The quantitative estimate of drug-likeness (QED) is 0.885. The minimum atomic E-state index is 0.627. The SMILES string of the molecule is CCCC1CN(Cc2ccc(Br)cc2Cl)CCCN1. The first kappa shape index (κ1) is 15.3. The fourth-order valence-corrected chi connectivity index (χ4v) is 3.39. The highest BCUT2D eigenvalue weighted by Crippen LogP contribution is 2.23. The van der Waals surface area contributed by atoms with Crippen molar-refractivity contribution in [2.75, 3.05) is 19.6 Å². The van der Waals surface area contributed by atoms with E-state index >= 15 is 0 Å². The van der Waals surface area contributed by atoms with Gasteiger partial charge in [-0.3, -0.25) is 4.90 Å². The molecule has 4 heteroatoms. The average molecular weight is 346 g/mol. The van der Waals surface area contributed by atoms with E-state index < -0.39 is 0 Å². The summed E-state index contributed by atoms with van der Waals surface area (Å²) in [7, 11) is 0. The predicted molar refractivity (Wildman–Crippen MR) is 85.7 cm³/mol. The smallest absolute Gasteiger partial charge is 0.0462 e. The number of hydrogen-bond donors (Lipinski definition) is 1. The molecule has 1 aliphatic heterocycles. The lowest BCUT2D eigenvalue weighted by atomic mass is 10.1. The van der Waals surface area contributed by atoms with Crippen LogP contribution in [0.3, 0.4) is 0 Å². The van der Waals surface area contributed by atoms with Gasteiger partial charge in [-0.25, -0.2) is 0 Å². The lowest BCUT2D eigenvalue weighted by Crippen LogP contribution is -2.37. The second-order valence-corrected chi connectivity index (χ2v) is 6.59. The van der Waals surface area contributed by atoms with Gasteiger partial charge in [-0.1, -0.05) is 46.9 Å². The van der Waals surface area contributed by atoms with Crippen molar-refractivity contribution in [1.29, 1.82) is 0 Å². The maximum Gasteiger partial charge on any atom is 0.0462 e. The van der Waals surface area contributed by atoms with E-state index in [1.54, 1.807) is 0 Å². The Morgan fingerprint density at radius 3 is 3.05 bits per heavy atom. The van der Waals surface area contributed by atoms with Crippen LogP contribution in [0.15, 0.2) is 22.7 Å². The molecule has 1 aromatic rings. The molecule has 2 nitrogen and oxygen atoms in total. The first-order valence-corrected chi connectivity index (χ1v) is 8.26. The van der Waals surface area contributed by atoms with E-state index in [1.165, 1.54) is 24.8 Å². The molecule has 1 heterocycles. The fraction of sp³-hybridized carbons (Fsp3) is 0.600. The molecule has 0 spiro atoms. The summed E-state index contributed by atoms with van der Waals surface area (Å²) in [6, 6.07) is 6.80. The molecule has 106 valence electrons.